The Morgan fingerprint density at radius 2 is 1.58 bits per heavy atom. The van der Waals surface area contributed by atoms with Crippen molar-refractivity contribution in [3.8, 4) is 16.9 Å². The number of anilines is 2. The van der Waals surface area contributed by atoms with E-state index < -0.39 is 10.0 Å². The van der Waals surface area contributed by atoms with Crippen molar-refractivity contribution >= 4 is 21.4 Å². The predicted molar refractivity (Wildman–Crippen MR) is 96.3 cm³/mol. The van der Waals surface area contributed by atoms with Crippen LogP contribution in [0.5, 0.6) is 0 Å². The van der Waals surface area contributed by atoms with E-state index in [1.54, 1.807) is 12.1 Å². The molecule has 0 unspecified atom stereocenters. The fraction of sp³-hybridized carbons (Fsp3) is 0.0556. The molecule has 0 saturated heterocycles. The lowest BCUT2D eigenvalue weighted by atomic mass is 10.1. The molecule has 3 rings (SSSR count). The lowest BCUT2D eigenvalue weighted by Crippen LogP contribution is -2.33. The van der Waals surface area contributed by atoms with E-state index >= 15 is 0 Å². The minimum absolute atomic E-state index is 0.531. The zero-order chi connectivity index (χ0) is 17.2. The molecule has 0 spiro atoms. The van der Waals surface area contributed by atoms with E-state index in [4.69, 9.17) is 5.73 Å². The predicted octanol–water partition coefficient (Wildman–Crippen LogP) is 2.58. The smallest absolute Gasteiger partial charge is 0.229 e. The highest BCUT2D eigenvalue weighted by Gasteiger charge is 2.16. The number of pyridine rings is 1. The largest absolute Gasteiger partial charge is 0.394 e. The number of hydrogen-bond acceptors (Lipinski definition) is 3. The minimum Gasteiger partial charge on any atom is -0.394 e. The lowest BCUT2D eigenvalue weighted by Gasteiger charge is -2.07. The number of para-hydroxylation sites is 1. The van der Waals surface area contributed by atoms with Crippen molar-refractivity contribution in [3.05, 3.63) is 72.9 Å². The van der Waals surface area contributed by atoms with E-state index in [0.29, 0.717) is 11.4 Å². The van der Waals surface area contributed by atoms with Gasteiger partial charge in [0, 0.05) is 29.4 Å². The summed E-state index contributed by atoms with van der Waals surface area (Å²) in [5, 5.41) is 0. The van der Waals surface area contributed by atoms with Crippen LogP contribution in [0.2, 0.25) is 0 Å². The van der Waals surface area contributed by atoms with Crippen LogP contribution in [0.15, 0.2) is 72.9 Å². The SMILES string of the molecule is CS(=O)(=O)Nc1ccc(-c2ccc(N)c[n+]2-c2ccccc2)cc1. The van der Waals surface area contributed by atoms with Crippen LogP contribution in [0.25, 0.3) is 16.9 Å². The first-order valence-corrected chi connectivity index (χ1v) is 9.26. The molecule has 0 radical (unpaired) electrons. The van der Waals surface area contributed by atoms with Gasteiger partial charge in [-0.05, 0) is 30.3 Å². The van der Waals surface area contributed by atoms with Crippen molar-refractivity contribution in [2.75, 3.05) is 16.7 Å². The van der Waals surface area contributed by atoms with Crippen LogP contribution in [0.1, 0.15) is 0 Å². The third-order valence-corrected chi connectivity index (χ3v) is 4.10. The molecule has 0 amide bonds. The Hall–Kier alpha value is -2.86. The van der Waals surface area contributed by atoms with Crippen LogP contribution in [-0.2, 0) is 10.0 Å². The van der Waals surface area contributed by atoms with Gasteiger partial charge in [-0.1, -0.05) is 18.2 Å². The number of nitrogens with zero attached hydrogens (tertiary/aromatic N) is 1. The fourth-order valence-electron chi connectivity index (χ4n) is 2.48. The Morgan fingerprint density at radius 1 is 0.917 bits per heavy atom. The van der Waals surface area contributed by atoms with Gasteiger partial charge in [0.25, 0.3) is 0 Å². The topological polar surface area (TPSA) is 76.1 Å². The van der Waals surface area contributed by atoms with E-state index in [0.717, 1.165) is 23.2 Å². The van der Waals surface area contributed by atoms with Crippen LogP contribution < -0.4 is 15.0 Å². The molecule has 3 aromatic rings. The van der Waals surface area contributed by atoms with E-state index in [1.165, 1.54) is 0 Å². The summed E-state index contributed by atoms with van der Waals surface area (Å²) in [6.45, 7) is 0. The van der Waals surface area contributed by atoms with E-state index in [9.17, 15) is 8.42 Å². The van der Waals surface area contributed by atoms with Gasteiger partial charge >= 0.3 is 0 Å². The van der Waals surface area contributed by atoms with Crippen LogP contribution in [-0.4, -0.2) is 14.7 Å². The van der Waals surface area contributed by atoms with Crippen molar-refractivity contribution in [2.24, 2.45) is 0 Å². The van der Waals surface area contributed by atoms with E-state index in [-0.39, 0.29) is 0 Å². The molecular weight excluding hydrogens is 322 g/mol. The maximum Gasteiger partial charge on any atom is 0.229 e. The second-order valence-corrected chi connectivity index (χ2v) is 7.25. The molecule has 1 aromatic heterocycles. The minimum atomic E-state index is -3.28. The number of aromatic nitrogens is 1. The Kier molecular flexibility index (Phi) is 4.22. The van der Waals surface area contributed by atoms with Gasteiger partial charge in [0.05, 0.1) is 11.9 Å². The first-order chi connectivity index (χ1) is 11.4. The van der Waals surface area contributed by atoms with Crippen molar-refractivity contribution in [1.82, 2.24) is 0 Å². The highest BCUT2D eigenvalue weighted by molar-refractivity contribution is 7.92. The second-order valence-electron chi connectivity index (χ2n) is 5.50. The van der Waals surface area contributed by atoms with Gasteiger partial charge < -0.3 is 5.73 Å². The summed E-state index contributed by atoms with van der Waals surface area (Å²) in [4.78, 5) is 0. The number of hydrogen-bond donors (Lipinski definition) is 2. The molecule has 0 saturated carbocycles. The molecule has 2 aromatic carbocycles. The van der Waals surface area contributed by atoms with E-state index in [2.05, 4.69) is 4.72 Å². The Morgan fingerprint density at radius 3 is 2.21 bits per heavy atom. The molecule has 0 fully saturated rings. The molecule has 5 nitrogen and oxygen atoms in total. The maximum atomic E-state index is 11.3. The normalized spacial score (nSPS) is 11.2. The highest BCUT2D eigenvalue weighted by atomic mass is 32.2. The maximum absolute atomic E-state index is 11.3. The van der Waals surface area contributed by atoms with Gasteiger partial charge in [-0.25, -0.2) is 8.42 Å². The number of nitrogens with two attached hydrogens (primary N) is 1. The third-order valence-electron chi connectivity index (χ3n) is 3.49. The van der Waals surface area contributed by atoms with Crippen molar-refractivity contribution in [1.29, 1.82) is 0 Å². The second kappa shape index (κ2) is 6.33. The monoisotopic (exact) mass is 340 g/mol. The standard InChI is InChI=1S/C18H17N3O2S/c1-24(22,23)20-16-10-7-14(8-11-16)18-12-9-15(19)13-21(18)17-5-3-2-4-6-17/h2-13H,19H2,1H3/p+1. The van der Waals surface area contributed by atoms with Gasteiger partial charge in [0.15, 0.2) is 6.20 Å². The van der Waals surface area contributed by atoms with Gasteiger partial charge in [-0.3, -0.25) is 4.72 Å². The van der Waals surface area contributed by atoms with Crippen molar-refractivity contribution in [2.45, 2.75) is 0 Å². The molecule has 0 aliphatic carbocycles. The van der Waals surface area contributed by atoms with Crippen LogP contribution in [0.4, 0.5) is 11.4 Å². The molecule has 0 atom stereocenters. The quantitative estimate of drug-likeness (QED) is 0.717. The third kappa shape index (κ3) is 3.72. The molecule has 0 aliphatic rings. The lowest BCUT2D eigenvalue weighted by molar-refractivity contribution is -0.583. The van der Waals surface area contributed by atoms with Crippen LogP contribution >= 0.6 is 0 Å². The number of sulfonamides is 1. The average Bonchev–Trinajstić information content (AvgIpc) is 2.55. The summed E-state index contributed by atoms with van der Waals surface area (Å²) in [6, 6.07) is 20.9. The summed E-state index contributed by atoms with van der Waals surface area (Å²) in [5.41, 5.74) is 10.0. The van der Waals surface area contributed by atoms with E-state index in [1.807, 2.05) is 65.4 Å². The number of nitrogens with one attached hydrogen (secondary N) is 1. The molecule has 0 aliphatic heterocycles. The summed E-state index contributed by atoms with van der Waals surface area (Å²) in [6.07, 6.45) is 3.00. The van der Waals surface area contributed by atoms with Crippen molar-refractivity contribution in [3.63, 3.8) is 0 Å². The summed E-state index contributed by atoms with van der Waals surface area (Å²) < 4.78 is 27.1. The van der Waals surface area contributed by atoms with Gasteiger partial charge in [-0.15, -0.1) is 0 Å². The van der Waals surface area contributed by atoms with Gasteiger partial charge in [0.1, 0.15) is 0 Å². The molecule has 3 N–H and O–H groups in total. The Balaban J connectivity index is 2.04. The Labute approximate surface area is 141 Å². The Bertz CT molecular complexity index is 953. The number of benzene rings is 2. The first-order valence-electron chi connectivity index (χ1n) is 7.37. The van der Waals surface area contributed by atoms with Gasteiger partial charge in [-0.2, -0.15) is 4.57 Å². The number of nitrogen functional groups attached to an aromatic ring is 1. The molecule has 24 heavy (non-hydrogen) atoms. The zero-order valence-electron chi connectivity index (χ0n) is 13.2. The summed E-state index contributed by atoms with van der Waals surface area (Å²) in [5.74, 6) is 0. The van der Waals surface area contributed by atoms with Crippen LogP contribution in [0.3, 0.4) is 0 Å². The molecular formula is C18H18N3O2S+. The summed E-state index contributed by atoms with van der Waals surface area (Å²) in [7, 11) is -3.28. The molecule has 6 heteroatoms. The molecule has 1 heterocycles. The first kappa shape index (κ1) is 16.0. The van der Waals surface area contributed by atoms with Gasteiger partial charge in [0.2, 0.25) is 21.4 Å². The zero-order valence-corrected chi connectivity index (χ0v) is 14.0. The summed E-state index contributed by atoms with van der Waals surface area (Å²) >= 11 is 0. The fourth-order valence-corrected chi connectivity index (χ4v) is 3.04. The number of rotatable bonds is 4. The highest BCUT2D eigenvalue weighted by Crippen LogP contribution is 2.21. The molecule has 122 valence electrons. The van der Waals surface area contributed by atoms with Crippen molar-refractivity contribution < 1.29 is 13.0 Å². The molecule has 0 bridgehead atoms. The van der Waals surface area contributed by atoms with Crippen LogP contribution in [0, 0.1) is 0 Å². The average molecular weight is 340 g/mol.